The van der Waals surface area contributed by atoms with E-state index in [0.29, 0.717) is 23.6 Å². The van der Waals surface area contributed by atoms with Crippen molar-refractivity contribution >= 4 is 17.6 Å². The van der Waals surface area contributed by atoms with Crippen LogP contribution in [0.15, 0.2) is 59.4 Å². The number of aromatic nitrogens is 2. The molecule has 25 heavy (non-hydrogen) atoms. The van der Waals surface area contributed by atoms with Gasteiger partial charge in [-0.2, -0.15) is 0 Å². The molecule has 0 aliphatic rings. The topological polar surface area (TPSA) is 94.3 Å². The summed E-state index contributed by atoms with van der Waals surface area (Å²) in [6.07, 6.45) is 3.27. The van der Waals surface area contributed by atoms with Crippen molar-refractivity contribution in [2.24, 2.45) is 0 Å². The highest BCUT2D eigenvalue weighted by Crippen LogP contribution is 2.19. The van der Waals surface area contributed by atoms with Crippen LogP contribution in [-0.2, 0) is 4.74 Å². The van der Waals surface area contributed by atoms with Gasteiger partial charge in [-0.1, -0.05) is 5.16 Å². The first kappa shape index (κ1) is 16.4. The molecule has 0 aliphatic heterocycles. The zero-order valence-corrected chi connectivity index (χ0v) is 13.4. The van der Waals surface area contributed by atoms with E-state index in [0.717, 1.165) is 5.56 Å². The highest BCUT2D eigenvalue weighted by molar-refractivity contribution is 6.03. The van der Waals surface area contributed by atoms with Gasteiger partial charge < -0.3 is 14.6 Å². The largest absolute Gasteiger partial charge is 0.462 e. The molecule has 2 heterocycles. The van der Waals surface area contributed by atoms with E-state index < -0.39 is 11.9 Å². The number of hydrogen-bond donors (Lipinski definition) is 1. The van der Waals surface area contributed by atoms with Crippen LogP contribution in [0.2, 0.25) is 0 Å². The fourth-order valence-electron chi connectivity index (χ4n) is 2.13. The standard InChI is InChI=1S/C18H15N3O4/c1-2-24-18(23)12-5-7-14(8-6-12)20-17(22)15-10-16(25-21-15)13-4-3-9-19-11-13/h3-11H,2H2,1H3,(H,20,22). The molecule has 3 rings (SSSR count). The summed E-state index contributed by atoms with van der Waals surface area (Å²) < 4.78 is 10.1. The van der Waals surface area contributed by atoms with Gasteiger partial charge in [-0.15, -0.1) is 0 Å². The Balaban J connectivity index is 1.68. The third-order valence-corrected chi connectivity index (χ3v) is 3.34. The number of benzene rings is 1. The smallest absolute Gasteiger partial charge is 0.338 e. The summed E-state index contributed by atoms with van der Waals surface area (Å²) in [4.78, 5) is 27.8. The lowest BCUT2D eigenvalue weighted by Gasteiger charge is -2.04. The summed E-state index contributed by atoms with van der Waals surface area (Å²) in [5, 5.41) is 6.46. The molecule has 7 heteroatoms. The first-order chi connectivity index (χ1) is 12.2. The van der Waals surface area contributed by atoms with Gasteiger partial charge in [0.25, 0.3) is 5.91 Å². The summed E-state index contributed by atoms with van der Waals surface area (Å²) in [5.41, 5.74) is 1.82. The third kappa shape index (κ3) is 3.89. The molecule has 0 radical (unpaired) electrons. The van der Waals surface area contributed by atoms with Gasteiger partial charge in [0.1, 0.15) is 0 Å². The van der Waals surface area contributed by atoms with Crippen molar-refractivity contribution in [2.45, 2.75) is 6.92 Å². The molecule has 0 aliphatic carbocycles. The number of nitrogens with zero attached hydrogens (tertiary/aromatic N) is 2. The Kier molecular flexibility index (Phi) is 4.84. The molecule has 0 saturated heterocycles. The van der Waals surface area contributed by atoms with Crippen LogP contribution in [0.25, 0.3) is 11.3 Å². The van der Waals surface area contributed by atoms with Gasteiger partial charge in [0.2, 0.25) is 0 Å². The molecule has 1 aromatic carbocycles. The Hall–Kier alpha value is -3.48. The Labute approximate surface area is 143 Å². The van der Waals surface area contributed by atoms with Crippen LogP contribution in [0, 0.1) is 0 Å². The quantitative estimate of drug-likeness (QED) is 0.719. The minimum absolute atomic E-state index is 0.147. The van der Waals surface area contributed by atoms with E-state index in [1.165, 1.54) is 0 Å². The second kappa shape index (κ2) is 7.39. The van der Waals surface area contributed by atoms with Crippen molar-refractivity contribution in [3.8, 4) is 11.3 Å². The summed E-state index contributed by atoms with van der Waals surface area (Å²) in [7, 11) is 0. The van der Waals surface area contributed by atoms with Crippen molar-refractivity contribution in [3.63, 3.8) is 0 Å². The second-order valence-corrected chi connectivity index (χ2v) is 5.07. The van der Waals surface area contributed by atoms with E-state index in [-0.39, 0.29) is 5.69 Å². The molecule has 1 amide bonds. The number of anilines is 1. The fraction of sp³-hybridized carbons (Fsp3) is 0.111. The summed E-state index contributed by atoms with van der Waals surface area (Å²) >= 11 is 0. The van der Waals surface area contributed by atoms with E-state index in [2.05, 4.69) is 15.5 Å². The molecule has 0 saturated carbocycles. The zero-order chi connectivity index (χ0) is 17.6. The zero-order valence-electron chi connectivity index (χ0n) is 13.4. The fourth-order valence-corrected chi connectivity index (χ4v) is 2.13. The van der Waals surface area contributed by atoms with E-state index >= 15 is 0 Å². The van der Waals surface area contributed by atoms with Gasteiger partial charge >= 0.3 is 5.97 Å². The van der Waals surface area contributed by atoms with Crippen molar-refractivity contribution < 1.29 is 18.8 Å². The van der Waals surface area contributed by atoms with Gasteiger partial charge in [0.05, 0.1) is 12.2 Å². The number of ether oxygens (including phenoxy) is 1. The molecule has 0 unspecified atom stereocenters. The maximum Gasteiger partial charge on any atom is 0.338 e. The second-order valence-electron chi connectivity index (χ2n) is 5.07. The van der Waals surface area contributed by atoms with Crippen LogP contribution in [-0.4, -0.2) is 28.6 Å². The van der Waals surface area contributed by atoms with Crippen molar-refractivity contribution in [1.29, 1.82) is 0 Å². The molecule has 0 bridgehead atoms. The first-order valence-corrected chi connectivity index (χ1v) is 7.63. The predicted molar refractivity (Wildman–Crippen MR) is 90.1 cm³/mol. The van der Waals surface area contributed by atoms with Crippen LogP contribution in [0.5, 0.6) is 0 Å². The van der Waals surface area contributed by atoms with Gasteiger partial charge in [-0.05, 0) is 43.3 Å². The summed E-state index contributed by atoms with van der Waals surface area (Å²) in [6, 6.07) is 11.5. The number of rotatable bonds is 5. The van der Waals surface area contributed by atoms with Gasteiger partial charge in [-0.25, -0.2) is 4.79 Å². The third-order valence-electron chi connectivity index (χ3n) is 3.34. The van der Waals surface area contributed by atoms with E-state index in [1.54, 1.807) is 55.7 Å². The lowest BCUT2D eigenvalue weighted by atomic mass is 10.2. The van der Waals surface area contributed by atoms with Gasteiger partial charge in [0, 0.05) is 29.7 Å². The van der Waals surface area contributed by atoms with Crippen LogP contribution >= 0.6 is 0 Å². The van der Waals surface area contributed by atoms with E-state index in [4.69, 9.17) is 9.26 Å². The number of hydrogen-bond acceptors (Lipinski definition) is 6. The molecule has 1 N–H and O–H groups in total. The van der Waals surface area contributed by atoms with Crippen LogP contribution < -0.4 is 5.32 Å². The SMILES string of the molecule is CCOC(=O)c1ccc(NC(=O)c2cc(-c3cccnc3)on2)cc1. The Bertz CT molecular complexity index is 873. The average molecular weight is 337 g/mol. The van der Waals surface area contributed by atoms with Gasteiger partial charge in [-0.3, -0.25) is 9.78 Å². The summed E-state index contributed by atoms with van der Waals surface area (Å²) in [5.74, 6) is -0.364. The van der Waals surface area contributed by atoms with E-state index in [9.17, 15) is 9.59 Å². The maximum absolute atomic E-state index is 12.2. The lowest BCUT2D eigenvalue weighted by molar-refractivity contribution is 0.0526. The molecular weight excluding hydrogens is 322 g/mol. The normalized spacial score (nSPS) is 10.3. The Morgan fingerprint density at radius 3 is 2.68 bits per heavy atom. The molecule has 0 spiro atoms. The highest BCUT2D eigenvalue weighted by atomic mass is 16.5. The Morgan fingerprint density at radius 1 is 1.20 bits per heavy atom. The van der Waals surface area contributed by atoms with Gasteiger partial charge in [0.15, 0.2) is 11.5 Å². The first-order valence-electron chi connectivity index (χ1n) is 7.63. The molecule has 0 atom stereocenters. The minimum Gasteiger partial charge on any atom is -0.462 e. The number of pyridine rings is 1. The monoisotopic (exact) mass is 337 g/mol. The maximum atomic E-state index is 12.2. The van der Waals surface area contributed by atoms with Crippen LogP contribution in [0.4, 0.5) is 5.69 Å². The van der Waals surface area contributed by atoms with Crippen molar-refractivity contribution in [3.05, 3.63) is 66.1 Å². The minimum atomic E-state index is -0.414. The highest BCUT2D eigenvalue weighted by Gasteiger charge is 2.14. The average Bonchev–Trinajstić information content (AvgIpc) is 3.13. The van der Waals surface area contributed by atoms with Crippen LogP contribution in [0.3, 0.4) is 0 Å². The number of carbonyl (C=O) groups is 2. The molecule has 126 valence electrons. The number of amides is 1. The number of esters is 1. The molecule has 7 nitrogen and oxygen atoms in total. The summed E-state index contributed by atoms with van der Waals surface area (Å²) in [6.45, 7) is 2.05. The lowest BCUT2D eigenvalue weighted by Crippen LogP contribution is -2.12. The molecule has 2 aromatic heterocycles. The Morgan fingerprint density at radius 2 is 2.00 bits per heavy atom. The predicted octanol–water partition coefficient (Wildman–Crippen LogP) is 3.17. The van der Waals surface area contributed by atoms with Crippen molar-refractivity contribution in [1.82, 2.24) is 10.1 Å². The number of carbonyl (C=O) groups excluding carboxylic acids is 2. The molecule has 3 aromatic rings. The molecule has 0 fully saturated rings. The van der Waals surface area contributed by atoms with Crippen LogP contribution in [0.1, 0.15) is 27.8 Å². The number of nitrogens with one attached hydrogen (secondary N) is 1. The van der Waals surface area contributed by atoms with E-state index in [1.807, 2.05) is 6.07 Å². The van der Waals surface area contributed by atoms with Crippen molar-refractivity contribution in [2.75, 3.05) is 11.9 Å². The molecular formula is C18H15N3O4.